The summed E-state index contributed by atoms with van der Waals surface area (Å²) in [5, 5.41) is 0. The van der Waals surface area contributed by atoms with Crippen molar-refractivity contribution in [1.29, 1.82) is 0 Å². The quantitative estimate of drug-likeness (QED) is 0.298. The van der Waals surface area contributed by atoms with Gasteiger partial charge in [-0.25, -0.2) is 0 Å². The first-order chi connectivity index (χ1) is 0. The summed E-state index contributed by atoms with van der Waals surface area (Å²) in [6.07, 6.45) is 0. The van der Waals surface area contributed by atoms with Crippen LogP contribution in [0.4, 0.5) is 0 Å². The van der Waals surface area contributed by atoms with E-state index in [1.165, 1.54) is 0 Å². The van der Waals surface area contributed by atoms with Gasteiger partial charge in [0, 0.05) is 0 Å². The van der Waals surface area contributed by atoms with Gasteiger partial charge in [-0.15, -0.1) is 0 Å². The van der Waals surface area contributed by atoms with E-state index >= 15 is 0 Å². The Morgan fingerprint density at radius 1 is 0.273 bits per heavy atom. The van der Waals surface area contributed by atoms with Crippen molar-refractivity contribution in [1.82, 2.24) is 0 Å². The number of rotatable bonds is 0. The molecule has 0 aliphatic heterocycles. The topological polar surface area (TPSA) is 200 Å². The molecule has 0 saturated carbocycles. The molecule has 0 saturated heterocycles. The summed E-state index contributed by atoms with van der Waals surface area (Å²) in [6.45, 7) is 0. The Morgan fingerprint density at radius 3 is 0.273 bits per heavy atom. The van der Waals surface area contributed by atoms with Gasteiger partial charge >= 0.3 is 154 Å². The first kappa shape index (κ1) is 148. The average Bonchev–Trinajstić information content (AvgIpc) is 0. The molecule has 0 aromatic carbocycles. The van der Waals surface area contributed by atoms with Crippen LogP contribution in [-0.4, -0.2) is 0 Å². The van der Waals surface area contributed by atoms with Crippen molar-refractivity contribution in [2.24, 2.45) is 0 Å². The molecule has 0 atom stereocenters. The van der Waals surface area contributed by atoms with E-state index in [0.29, 0.717) is 0 Å². The molecule has 2 radical (unpaired) electrons. The van der Waals surface area contributed by atoms with E-state index in [2.05, 4.69) is 0 Å². The molecule has 0 N–H and O–H groups in total. The Morgan fingerprint density at radius 2 is 0.273 bits per heavy atom. The normalized spacial score (nSPS) is 0. The third kappa shape index (κ3) is 104. The third-order valence-corrected chi connectivity index (χ3v) is 0. The number of hydrogen-bond acceptors (Lipinski definition) is 0. The minimum atomic E-state index is 0. The molecule has 78 valence electrons. The second-order valence-corrected chi connectivity index (χ2v) is 0. The minimum absolute atomic E-state index is 0. The largest absolute Gasteiger partial charge is 4.00 e. The van der Waals surface area contributed by atoms with Crippen LogP contribution >= 0.6 is 0 Å². The SMILES string of the molecule is [O-2].[O-2].[O-2].[O-2].[O-2].[O-2].[O-2].[Tb+3].[Tb+3].[Tb+4].[Tb+4]. The molecule has 0 aromatic heterocycles. The van der Waals surface area contributed by atoms with Gasteiger partial charge in [-0.1, -0.05) is 0 Å². The Balaban J connectivity index is 0. The Bertz CT molecular complexity index is 10.4. The van der Waals surface area contributed by atoms with Gasteiger partial charge in [-0.05, 0) is 0 Å². The maximum Gasteiger partial charge on any atom is 4.00 e. The van der Waals surface area contributed by atoms with Crippen LogP contribution in [0.25, 0.3) is 0 Å². The fourth-order valence-electron chi connectivity index (χ4n) is 0. The first-order valence-electron chi connectivity index (χ1n) is 0. The average molecular weight is 748 g/mol. The van der Waals surface area contributed by atoms with Crippen LogP contribution in [-0.2, 0) is 38.3 Å². The van der Waals surface area contributed by atoms with Gasteiger partial charge in [0.15, 0.2) is 0 Å². The van der Waals surface area contributed by atoms with Gasteiger partial charge < -0.3 is 38.3 Å². The monoisotopic (exact) mass is 748 g/mol. The van der Waals surface area contributed by atoms with Crippen LogP contribution in [0.5, 0.6) is 0 Å². The Kier molecular flexibility index (Phi) is 1630. The van der Waals surface area contributed by atoms with Crippen molar-refractivity contribution in [2.45, 2.75) is 0 Å². The van der Waals surface area contributed by atoms with Crippen molar-refractivity contribution < 1.29 is 193 Å². The van der Waals surface area contributed by atoms with Crippen LogP contribution in [0.15, 0.2) is 0 Å². The summed E-state index contributed by atoms with van der Waals surface area (Å²) in [5.74, 6) is 0. The zero-order valence-corrected chi connectivity index (χ0v) is 12.7. The smallest absolute Gasteiger partial charge is 2.00 e. The van der Waals surface area contributed by atoms with Gasteiger partial charge in [0.05, 0.1) is 0 Å². The van der Waals surface area contributed by atoms with E-state index in [1.54, 1.807) is 0 Å². The van der Waals surface area contributed by atoms with E-state index in [-0.39, 0.29) is 193 Å². The zero-order valence-electron chi connectivity index (χ0n) is 4.19. The maximum absolute atomic E-state index is 0. The summed E-state index contributed by atoms with van der Waals surface area (Å²) in [4.78, 5) is 0. The van der Waals surface area contributed by atoms with Crippen LogP contribution < -0.4 is 0 Å². The molecule has 7 nitrogen and oxygen atoms in total. The van der Waals surface area contributed by atoms with Gasteiger partial charge in [0.1, 0.15) is 0 Å². The molecule has 0 aliphatic rings. The third-order valence-electron chi connectivity index (χ3n) is 0. The van der Waals surface area contributed by atoms with Crippen LogP contribution in [0.2, 0.25) is 0 Å². The minimum Gasteiger partial charge on any atom is -2.00 e. The zero-order chi connectivity index (χ0) is 0. The molecule has 0 fully saturated rings. The molecule has 0 rings (SSSR count). The second kappa shape index (κ2) is 121. The summed E-state index contributed by atoms with van der Waals surface area (Å²) in [7, 11) is 0. The summed E-state index contributed by atoms with van der Waals surface area (Å²) < 4.78 is 0. The fourth-order valence-corrected chi connectivity index (χ4v) is 0. The van der Waals surface area contributed by atoms with E-state index in [9.17, 15) is 0 Å². The molecule has 0 aromatic rings. The summed E-state index contributed by atoms with van der Waals surface area (Å²) in [5.41, 5.74) is 0. The first-order valence-corrected chi connectivity index (χ1v) is 0. The van der Waals surface area contributed by atoms with E-state index in [4.69, 9.17) is 0 Å². The van der Waals surface area contributed by atoms with Crippen LogP contribution in [0.1, 0.15) is 0 Å². The van der Waals surface area contributed by atoms with Crippen LogP contribution in [0, 0.1) is 154 Å². The number of hydrogen-bond donors (Lipinski definition) is 0. The van der Waals surface area contributed by atoms with E-state index in [1.807, 2.05) is 0 Å². The van der Waals surface area contributed by atoms with Gasteiger partial charge in [-0.2, -0.15) is 0 Å². The molecule has 0 heterocycles. The van der Waals surface area contributed by atoms with Gasteiger partial charge in [-0.3, -0.25) is 0 Å². The second-order valence-electron chi connectivity index (χ2n) is 0. The predicted molar refractivity (Wildman–Crippen MR) is 4.81 cm³/mol. The van der Waals surface area contributed by atoms with E-state index < -0.39 is 0 Å². The molecule has 0 spiro atoms. The standard InChI is InChI=1S/7O.4Tb/q7*-2;2*+3;2*+4. The molecular formula is O7Tb4. The fraction of sp³-hybridized carbons (Fsp3) is 0. The summed E-state index contributed by atoms with van der Waals surface area (Å²) >= 11 is 0. The molecule has 11 heavy (non-hydrogen) atoms. The Labute approximate surface area is 187 Å². The van der Waals surface area contributed by atoms with Crippen molar-refractivity contribution in [3.05, 3.63) is 0 Å². The Hall–Kier alpha value is 4.86. The molecule has 0 amide bonds. The van der Waals surface area contributed by atoms with Crippen LogP contribution in [0.3, 0.4) is 0 Å². The summed E-state index contributed by atoms with van der Waals surface area (Å²) in [6, 6.07) is 0. The molecule has 11 heteroatoms. The molecule has 0 aliphatic carbocycles. The van der Waals surface area contributed by atoms with Gasteiger partial charge in [0.25, 0.3) is 0 Å². The van der Waals surface area contributed by atoms with Gasteiger partial charge in [0.2, 0.25) is 0 Å². The van der Waals surface area contributed by atoms with Crippen molar-refractivity contribution in [3.63, 3.8) is 0 Å². The van der Waals surface area contributed by atoms with Crippen molar-refractivity contribution >= 4 is 0 Å². The van der Waals surface area contributed by atoms with Crippen molar-refractivity contribution in [2.75, 3.05) is 0 Å². The predicted octanol–water partition coefficient (Wildman–Crippen LogP) is -0.832. The molecular weight excluding hydrogens is 748 g/mol. The van der Waals surface area contributed by atoms with E-state index in [0.717, 1.165) is 0 Å². The van der Waals surface area contributed by atoms with Crippen molar-refractivity contribution in [3.8, 4) is 0 Å². The molecule has 0 unspecified atom stereocenters. The molecule has 0 bridgehead atoms. The maximum atomic E-state index is 0.